The van der Waals surface area contributed by atoms with Crippen molar-refractivity contribution in [2.24, 2.45) is 5.73 Å². The summed E-state index contributed by atoms with van der Waals surface area (Å²) in [5.41, 5.74) is 7.83. The Morgan fingerprint density at radius 3 is 2.94 bits per heavy atom. The van der Waals surface area contributed by atoms with Gasteiger partial charge in [-0.1, -0.05) is 6.92 Å². The fraction of sp³-hybridized carbons (Fsp3) is 0.455. The molecule has 0 amide bonds. The minimum Gasteiger partial charge on any atom is -0.454 e. The van der Waals surface area contributed by atoms with Crippen molar-refractivity contribution in [1.29, 1.82) is 0 Å². The number of aliphatic hydroxyl groups excluding tert-OH is 1. The molecule has 1 aromatic carbocycles. The molecule has 0 aromatic heterocycles. The van der Waals surface area contributed by atoms with Crippen molar-refractivity contribution in [1.82, 2.24) is 0 Å². The topological polar surface area (TPSA) is 64.7 Å². The Kier molecular flexibility index (Phi) is 3.37. The zero-order valence-electron chi connectivity index (χ0n) is 9.00. The molecule has 1 aromatic rings. The zero-order chi connectivity index (χ0) is 11.7. The van der Waals surface area contributed by atoms with E-state index in [-0.39, 0.29) is 19.4 Å². The molecular weight excluding hydrogens is 274 g/mol. The third-order valence-electron chi connectivity index (χ3n) is 2.69. The molecule has 0 bridgehead atoms. The highest BCUT2D eigenvalue weighted by Crippen LogP contribution is 2.44. The Morgan fingerprint density at radius 1 is 1.56 bits per heavy atom. The minimum atomic E-state index is -0.388. The summed E-state index contributed by atoms with van der Waals surface area (Å²) in [7, 11) is 0. The predicted octanol–water partition coefficient (Wildman–Crippen LogP) is 1.73. The van der Waals surface area contributed by atoms with E-state index in [4.69, 9.17) is 20.3 Å². The van der Waals surface area contributed by atoms with Crippen molar-refractivity contribution < 1.29 is 14.6 Å². The Hall–Kier alpha value is -0.780. The fourth-order valence-corrected chi connectivity index (χ4v) is 2.67. The molecule has 88 valence electrons. The number of nitrogens with two attached hydrogens (primary N) is 1. The van der Waals surface area contributed by atoms with Gasteiger partial charge in [0.05, 0.1) is 17.1 Å². The number of aliphatic hydroxyl groups is 1. The maximum Gasteiger partial charge on any atom is 0.231 e. The third kappa shape index (κ3) is 1.79. The van der Waals surface area contributed by atoms with Gasteiger partial charge in [-0.05, 0) is 39.5 Å². The lowest BCUT2D eigenvalue weighted by atomic mass is 9.98. The summed E-state index contributed by atoms with van der Waals surface area (Å²) >= 11 is 3.50. The molecule has 1 unspecified atom stereocenters. The second-order valence-electron chi connectivity index (χ2n) is 3.63. The molecule has 16 heavy (non-hydrogen) atoms. The summed E-state index contributed by atoms with van der Waals surface area (Å²) in [5.74, 6) is 1.41. The van der Waals surface area contributed by atoms with Gasteiger partial charge in [-0.3, -0.25) is 0 Å². The van der Waals surface area contributed by atoms with Crippen LogP contribution in [0.3, 0.4) is 0 Å². The highest BCUT2D eigenvalue weighted by molar-refractivity contribution is 9.10. The molecule has 0 spiro atoms. The van der Waals surface area contributed by atoms with Crippen LogP contribution in [0.4, 0.5) is 0 Å². The first kappa shape index (κ1) is 11.7. The van der Waals surface area contributed by atoms with Crippen LogP contribution in [-0.2, 0) is 6.42 Å². The van der Waals surface area contributed by atoms with Crippen molar-refractivity contribution in [2.75, 3.05) is 13.4 Å². The smallest absolute Gasteiger partial charge is 0.231 e. The lowest BCUT2D eigenvalue weighted by molar-refractivity contribution is 0.173. The Bertz CT molecular complexity index is 409. The molecule has 2 rings (SSSR count). The average Bonchev–Trinajstić information content (AvgIpc) is 2.76. The molecule has 0 fully saturated rings. The summed E-state index contributed by atoms with van der Waals surface area (Å²) in [5, 5.41) is 9.14. The lowest BCUT2D eigenvalue weighted by Crippen LogP contribution is -2.16. The van der Waals surface area contributed by atoms with Gasteiger partial charge < -0.3 is 20.3 Å². The van der Waals surface area contributed by atoms with Crippen molar-refractivity contribution in [2.45, 2.75) is 19.4 Å². The number of benzene rings is 1. The van der Waals surface area contributed by atoms with Crippen LogP contribution in [0.2, 0.25) is 0 Å². The van der Waals surface area contributed by atoms with E-state index in [2.05, 4.69) is 15.9 Å². The monoisotopic (exact) mass is 287 g/mol. The quantitative estimate of drug-likeness (QED) is 0.889. The van der Waals surface area contributed by atoms with Gasteiger partial charge in [-0.2, -0.15) is 0 Å². The standard InChI is InChI=1S/C11H14BrNO3/c1-2-6-7(8(13)4-14)3-9-11(10(6)12)16-5-15-9/h3,8,14H,2,4-5,13H2,1H3. The van der Waals surface area contributed by atoms with Crippen molar-refractivity contribution in [3.8, 4) is 11.5 Å². The maximum atomic E-state index is 9.14. The van der Waals surface area contributed by atoms with Crippen molar-refractivity contribution in [3.05, 3.63) is 21.7 Å². The van der Waals surface area contributed by atoms with E-state index >= 15 is 0 Å². The summed E-state index contributed by atoms with van der Waals surface area (Å²) in [6.45, 7) is 2.18. The van der Waals surface area contributed by atoms with Gasteiger partial charge in [0.15, 0.2) is 11.5 Å². The third-order valence-corrected chi connectivity index (χ3v) is 3.53. The summed E-state index contributed by atoms with van der Waals surface area (Å²) in [4.78, 5) is 0. The molecule has 0 saturated heterocycles. The summed E-state index contributed by atoms with van der Waals surface area (Å²) < 4.78 is 11.6. The van der Waals surface area contributed by atoms with Gasteiger partial charge in [0.1, 0.15) is 0 Å². The molecule has 0 saturated carbocycles. The molecule has 1 aliphatic rings. The van der Waals surface area contributed by atoms with E-state index in [0.717, 1.165) is 27.8 Å². The first-order chi connectivity index (χ1) is 7.69. The number of ether oxygens (including phenoxy) is 2. The van der Waals surface area contributed by atoms with Crippen molar-refractivity contribution in [3.63, 3.8) is 0 Å². The van der Waals surface area contributed by atoms with Gasteiger partial charge in [0, 0.05) is 0 Å². The van der Waals surface area contributed by atoms with E-state index in [1.165, 1.54) is 0 Å². The Balaban J connectivity index is 2.56. The molecule has 1 atom stereocenters. The first-order valence-electron chi connectivity index (χ1n) is 5.16. The highest BCUT2D eigenvalue weighted by atomic mass is 79.9. The van der Waals surface area contributed by atoms with Crippen LogP contribution in [0.15, 0.2) is 10.5 Å². The van der Waals surface area contributed by atoms with Crippen LogP contribution >= 0.6 is 15.9 Å². The van der Waals surface area contributed by atoms with Crippen LogP contribution < -0.4 is 15.2 Å². The second kappa shape index (κ2) is 4.61. The SMILES string of the molecule is CCc1c(C(N)CO)cc2c(c1Br)OCO2. The van der Waals surface area contributed by atoms with Crippen LogP contribution in [0.25, 0.3) is 0 Å². The Labute approximate surface area is 102 Å². The van der Waals surface area contributed by atoms with E-state index in [1.54, 1.807) is 0 Å². The van der Waals surface area contributed by atoms with E-state index < -0.39 is 0 Å². The average molecular weight is 288 g/mol. The molecule has 1 heterocycles. The molecule has 3 N–H and O–H groups in total. The van der Waals surface area contributed by atoms with Gasteiger partial charge >= 0.3 is 0 Å². The number of hydrogen-bond donors (Lipinski definition) is 2. The Morgan fingerprint density at radius 2 is 2.31 bits per heavy atom. The minimum absolute atomic E-state index is 0.0842. The number of hydrogen-bond acceptors (Lipinski definition) is 4. The maximum absolute atomic E-state index is 9.14. The lowest BCUT2D eigenvalue weighted by Gasteiger charge is -2.16. The molecule has 0 radical (unpaired) electrons. The molecule has 1 aliphatic heterocycles. The van der Waals surface area contributed by atoms with Crippen LogP contribution in [0.5, 0.6) is 11.5 Å². The number of rotatable bonds is 3. The summed E-state index contributed by atoms with van der Waals surface area (Å²) in [6, 6.07) is 1.47. The normalized spacial score (nSPS) is 15.2. The number of halogens is 1. The van der Waals surface area contributed by atoms with E-state index in [9.17, 15) is 0 Å². The van der Waals surface area contributed by atoms with Gasteiger partial charge in [-0.25, -0.2) is 0 Å². The fourth-order valence-electron chi connectivity index (χ4n) is 1.85. The molecular formula is C11H14BrNO3. The van der Waals surface area contributed by atoms with E-state index in [1.807, 2.05) is 13.0 Å². The second-order valence-corrected chi connectivity index (χ2v) is 4.43. The van der Waals surface area contributed by atoms with Gasteiger partial charge in [0.25, 0.3) is 0 Å². The van der Waals surface area contributed by atoms with Crippen LogP contribution in [0, 0.1) is 0 Å². The van der Waals surface area contributed by atoms with Gasteiger partial charge in [-0.15, -0.1) is 0 Å². The molecule has 5 heteroatoms. The predicted molar refractivity (Wildman–Crippen MR) is 63.7 cm³/mol. The van der Waals surface area contributed by atoms with Crippen molar-refractivity contribution >= 4 is 15.9 Å². The summed E-state index contributed by atoms with van der Waals surface area (Å²) in [6.07, 6.45) is 0.820. The van der Waals surface area contributed by atoms with Crippen LogP contribution in [0.1, 0.15) is 24.1 Å². The van der Waals surface area contributed by atoms with Crippen LogP contribution in [-0.4, -0.2) is 18.5 Å². The number of fused-ring (bicyclic) bond motifs is 1. The largest absolute Gasteiger partial charge is 0.454 e. The zero-order valence-corrected chi connectivity index (χ0v) is 10.6. The highest BCUT2D eigenvalue weighted by Gasteiger charge is 2.24. The first-order valence-corrected chi connectivity index (χ1v) is 5.95. The molecule has 0 aliphatic carbocycles. The van der Waals surface area contributed by atoms with Gasteiger partial charge in [0.2, 0.25) is 6.79 Å². The van der Waals surface area contributed by atoms with E-state index in [0.29, 0.717) is 5.75 Å². The molecule has 4 nitrogen and oxygen atoms in total.